The maximum absolute atomic E-state index is 13.8. The number of benzene rings is 2. The second kappa shape index (κ2) is 12.3. The predicted octanol–water partition coefficient (Wildman–Crippen LogP) is 2.34. The molecule has 0 aliphatic carbocycles. The summed E-state index contributed by atoms with van der Waals surface area (Å²) in [5, 5.41) is 11.7. The molecule has 2 saturated heterocycles. The molecule has 5 rings (SSSR count). The molecule has 2 aromatic carbocycles. The molecule has 1 unspecified atom stereocenters. The van der Waals surface area contributed by atoms with E-state index in [-0.39, 0.29) is 30.7 Å². The maximum Gasteiger partial charge on any atom is 0.293 e. The third-order valence-corrected chi connectivity index (χ3v) is 10.0. The Morgan fingerprint density at radius 3 is 2.69 bits per heavy atom. The van der Waals surface area contributed by atoms with Gasteiger partial charge in [0, 0.05) is 58.4 Å². The Kier molecular flexibility index (Phi) is 8.78. The summed E-state index contributed by atoms with van der Waals surface area (Å²) in [5.41, 5.74) is 7.70. The van der Waals surface area contributed by atoms with Crippen LogP contribution in [0.1, 0.15) is 31.0 Å². The van der Waals surface area contributed by atoms with E-state index in [9.17, 15) is 23.3 Å². The number of hydrogen-bond donors (Lipinski definition) is 1. The number of piperidine rings is 1. The smallest absolute Gasteiger partial charge is 0.293 e. The monoisotopic (exact) mass is 600 g/mol. The number of aryl methyl sites for hydroxylation is 1. The number of methoxy groups -OCH3 is 2. The van der Waals surface area contributed by atoms with E-state index in [2.05, 4.69) is 4.57 Å². The van der Waals surface area contributed by atoms with Gasteiger partial charge in [-0.05, 0) is 43.5 Å². The second-order valence-electron chi connectivity index (χ2n) is 10.8. The molecule has 42 heavy (non-hydrogen) atoms. The first-order chi connectivity index (χ1) is 20.1. The maximum atomic E-state index is 13.8. The zero-order valence-electron chi connectivity index (χ0n) is 23.7. The molecular formula is C28H36N6O7S. The number of ether oxygens (including phenoxy) is 2. The molecule has 226 valence electrons. The van der Waals surface area contributed by atoms with Gasteiger partial charge in [-0.3, -0.25) is 14.9 Å². The van der Waals surface area contributed by atoms with Gasteiger partial charge in [-0.1, -0.05) is 12.1 Å². The van der Waals surface area contributed by atoms with Crippen molar-refractivity contribution in [1.82, 2.24) is 18.8 Å². The molecule has 0 radical (unpaired) electrons. The van der Waals surface area contributed by atoms with Crippen molar-refractivity contribution < 1.29 is 27.6 Å². The van der Waals surface area contributed by atoms with Gasteiger partial charge < -0.3 is 24.7 Å². The topological polar surface area (TPSA) is 163 Å². The summed E-state index contributed by atoms with van der Waals surface area (Å²) in [5.74, 6) is 0.125. The molecule has 1 amide bonds. The molecule has 1 aromatic heterocycles. The van der Waals surface area contributed by atoms with Crippen LogP contribution in [-0.2, 0) is 26.1 Å². The fraction of sp³-hybridized carbons (Fsp3) is 0.500. The first kappa shape index (κ1) is 29.9. The summed E-state index contributed by atoms with van der Waals surface area (Å²) < 4.78 is 40.6. The van der Waals surface area contributed by atoms with Crippen LogP contribution in [0.5, 0.6) is 5.75 Å². The molecule has 3 aromatic rings. The van der Waals surface area contributed by atoms with Crippen molar-refractivity contribution in [2.24, 2.45) is 11.7 Å². The molecule has 13 nitrogen and oxygen atoms in total. The number of hydrogen-bond acceptors (Lipinski definition) is 9. The van der Waals surface area contributed by atoms with E-state index < -0.39 is 37.5 Å². The van der Waals surface area contributed by atoms with Crippen molar-refractivity contribution in [3.05, 3.63) is 58.4 Å². The van der Waals surface area contributed by atoms with Gasteiger partial charge in [0.2, 0.25) is 15.9 Å². The first-order valence-corrected chi connectivity index (χ1v) is 15.4. The highest BCUT2D eigenvalue weighted by atomic mass is 32.2. The van der Waals surface area contributed by atoms with Gasteiger partial charge in [0.25, 0.3) is 5.69 Å². The highest BCUT2D eigenvalue weighted by molar-refractivity contribution is 7.89. The van der Waals surface area contributed by atoms with Crippen LogP contribution in [0.3, 0.4) is 0 Å². The number of nitro benzene ring substituents is 1. The van der Waals surface area contributed by atoms with Gasteiger partial charge >= 0.3 is 0 Å². The normalized spacial score (nSPS) is 21.6. The van der Waals surface area contributed by atoms with Crippen molar-refractivity contribution in [1.29, 1.82) is 0 Å². The van der Waals surface area contributed by atoms with E-state index >= 15 is 0 Å². The fourth-order valence-electron chi connectivity index (χ4n) is 6.00. The zero-order chi connectivity index (χ0) is 30.0. The number of aromatic nitrogens is 2. The number of carbonyl (C=O) groups is 1. The summed E-state index contributed by atoms with van der Waals surface area (Å²) >= 11 is 0. The number of para-hydroxylation sites is 2. The number of amides is 1. The molecule has 14 heteroatoms. The van der Waals surface area contributed by atoms with Gasteiger partial charge in [0.15, 0.2) is 4.90 Å². The van der Waals surface area contributed by atoms with Crippen molar-refractivity contribution in [2.75, 3.05) is 47.0 Å². The van der Waals surface area contributed by atoms with E-state index in [1.54, 1.807) is 12.0 Å². The van der Waals surface area contributed by atoms with Gasteiger partial charge in [-0.15, -0.1) is 0 Å². The SMILES string of the molecule is COCCCn1c(C2CCCN(C(=O)[C@@H]3CN(S(=O)(=O)c4ccc(OC)cc4[N+](=O)[O-])C[C@H]3N)C2)nc2ccccc21. The van der Waals surface area contributed by atoms with Crippen LogP contribution in [0.15, 0.2) is 47.4 Å². The average Bonchev–Trinajstić information content (AvgIpc) is 3.57. The number of carbonyl (C=O) groups excluding carboxylic acids is 1. The van der Waals surface area contributed by atoms with E-state index in [0.717, 1.165) is 59.1 Å². The average molecular weight is 601 g/mol. The van der Waals surface area contributed by atoms with Crippen LogP contribution in [0, 0.1) is 16.0 Å². The lowest BCUT2D eigenvalue weighted by atomic mass is 9.94. The lowest BCUT2D eigenvalue weighted by Gasteiger charge is -2.35. The highest BCUT2D eigenvalue weighted by Crippen LogP contribution is 2.35. The third kappa shape index (κ3) is 5.71. The van der Waals surface area contributed by atoms with Gasteiger partial charge in [0.05, 0.1) is 35.1 Å². The quantitative estimate of drug-likeness (QED) is 0.209. The number of nitrogens with zero attached hydrogens (tertiary/aromatic N) is 5. The van der Waals surface area contributed by atoms with E-state index in [1.807, 2.05) is 24.3 Å². The van der Waals surface area contributed by atoms with Crippen LogP contribution in [0.2, 0.25) is 0 Å². The Labute approximate surface area is 244 Å². The minimum absolute atomic E-state index is 0.0112. The Morgan fingerprint density at radius 1 is 1.17 bits per heavy atom. The minimum Gasteiger partial charge on any atom is -0.497 e. The number of nitro groups is 1. The van der Waals surface area contributed by atoms with E-state index in [1.165, 1.54) is 13.2 Å². The second-order valence-corrected chi connectivity index (χ2v) is 12.7. The predicted molar refractivity (Wildman–Crippen MR) is 155 cm³/mol. The largest absolute Gasteiger partial charge is 0.497 e. The lowest BCUT2D eigenvalue weighted by Crippen LogP contribution is -2.47. The first-order valence-electron chi connectivity index (χ1n) is 14.0. The summed E-state index contributed by atoms with van der Waals surface area (Å²) in [7, 11) is -1.28. The number of likely N-dealkylation sites (tertiary alicyclic amines) is 1. The third-order valence-electron chi connectivity index (χ3n) is 8.14. The van der Waals surface area contributed by atoms with Gasteiger partial charge in [-0.25, -0.2) is 13.4 Å². The number of fused-ring (bicyclic) bond motifs is 1. The van der Waals surface area contributed by atoms with Crippen LogP contribution < -0.4 is 10.5 Å². The van der Waals surface area contributed by atoms with Crippen LogP contribution in [0.25, 0.3) is 11.0 Å². The summed E-state index contributed by atoms with van der Waals surface area (Å²) in [4.78, 5) is 30.9. The Hall–Kier alpha value is -3.59. The molecule has 2 aliphatic rings. The Bertz CT molecular complexity index is 1580. The number of nitrogens with two attached hydrogens (primary N) is 1. The van der Waals surface area contributed by atoms with Crippen LogP contribution in [-0.4, -0.2) is 91.1 Å². The number of sulfonamides is 1. The molecule has 0 bridgehead atoms. The molecule has 2 N–H and O–H groups in total. The molecule has 0 saturated carbocycles. The highest BCUT2D eigenvalue weighted by Gasteiger charge is 2.45. The lowest BCUT2D eigenvalue weighted by molar-refractivity contribution is -0.387. The summed E-state index contributed by atoms with van der Waals surface area (Å²) in [6.45, 7) is 2.09. The zero-order valence-corrected chi connectivity index (χ0v) is 24.5. The summed E-state index contributed by atoms with van der Waals surface area (Å²) in [6.07, 6.45) is 2.47. The minimum atomic E-state index is -4.29. The van der Waals surface area contributed by atoms with Gasteiger partial charge in [0.1, 0.15) is 11.6 Å². The molecule has 3 heterocycles. The van der Waals surface area contributed by atoms with Gasteiger partial charge in [-0.2, -0.15) is 4.31 Å². The van der Waals surface area contributed by atoms with E-state index in [4.69, 9.17) is 20.2 Å². The molecule has 2 fully saturated rings. The van der Waals surface area contributed by atoms with Crippen molar-refractivity contribution >= 4 is 32.7 Å². The molecular weight excluding hydrogens is 564 g/mol. The van der Waals surface area contributed by atoms with E-state index in [0.29, 0.717) is 19.7 Å². The number of rotatable bonds is 10. The van der Waals surface area contributed by atoms with Crippen molar-refractivity contribution in [2.45, 2.75) is 42.7 Å². The fourth-order valence-corrected chi connectivity index (χ4v) is 7.64. The van der Waals surface area contributed by atoms with Crippen LogP contribution in [0.4, 0.5) is 5.69 Å². The Morgan fingerprint density at radius 2 is 1.95 bits per heavy atom. The number of imidazole rings is 1. The standard InChI is InChI=1S/C28H36N6O7S/c1-40-14-6-13-33-24-9-4-3-8-23(24)30-27(33)19-7-5-12-31(16-19)28(35)21-17-32(18-22(21)29)42(38,39)26-11-10-20(41-2)15-25(26)34(36)37/h3-4,8-11,15,19,21-22H,5-7,12-14,16-18,29H2,1-2H3/t19?,21-,22-/m1/s1. The molecule has 3 atom stereocenters. The molecule has 0 spiro atoms. The Balaban J connectivity index is 1.34. The van der Waals surface area contributed by atoms with Crippen LogP contribution >= 0.6 is 0 Å². The van der Waals surface area contributed by atoms with Crippen molar-refractivity contribution in [3.8, 4) is 5.75 Å². The molecule has 2 aliphatic heterocycles. The van der Waals surface area contributed by atoms with Crippen molar-refractivity contribution in [3.63, 3.8) is 0 Å². The summed E-state index contributed by atoms with van der Waals surface area (Å²) in [6, 6.07) is 10.8.